The van der Waals surface area contributed by atoms with Gasteiger partial charge in [0.25, 0.3) is 0 Å². The Morgan fingerprint density at radius 1 is 0.540 bits per heavy atom. The van der Waals surface area contributed by atoms with Crippen LogP contribution in [0.25, 0.3) is 0 Å². The van der Waals surface area contributed by atoms with Gasteiger partial charge in [0, 0.05) is 19.4 Å². The quantitative estimate of drug-likeness (QED) is 0.0290. The van der Waals surface area contributed by atoms with E-state index < -0.39 is 61.7 Å². The number of aliphatic hydroxyl groups is 4. The highest BCUT2D eigenvalue weighted by Crippen LogP contribution is 2.26. The molecule has 6 atom stereocenters. The van der Waals surface area contributed by atoms with Crippen LogP contribution < -0.4 is 10.6 Å². The van der Waals surface area contributed by atoms with Gasteiger partial charge in [-0.1, -0.05) is 206 Å². The smallest absolute Gasteiger partial charge is 0.303 e. The fourth-order valence-corrected chi connectivity index (χ4v) is 8.89. The van der Waals surface area contributed by atoms with Crippen molar-refractivity contribution in [2.45, 2.75) is 282 Å². The molecular formula is C51H99N3O9. The van der Waals surface area contributed by atoms with E-state index in [0.717, 1.165) is 38.5 Å². The molecule has 12 heteroatoms. The lowest BCUT2D eigenvalue weighted by molar-refractivity contribution is -0.231. The molecule has 0 bridgehead atoms. The second-order valence-corrected chi connectivity index (χ2v) is 18.7. The van der Waals surface area contributed by atoms with E-state index in [1.165, 1.54) is 148 Å². The number of carbonyl (C=O) groups excluding carboxylic acids is 2. The number of hydrogen-bond donors (Lipinski definition) is 7. The number of nitrogens with one attached hydrogen (secondary N) is 2. The van der Waals surface area contributed by atoms with Gasteiger partial charge in [0.1, 0.15) is 30.4 Å². The van der Waals surface area contributed by atoms with Crippen LogP contribution in [0.4, 0.5) is 0 Å². The monoisotopic (exact) mass is 898 g/mol. The summed E-state index contributed by atoms with van der Waals surface area (Å²) < 4.78 is 6.18. The third-order valence-electron chi connectivity index (χ3n) is 13.0. The van der Waals surface area contributed by atoms with Crippen LogP contribution in [0, 0.1) is 0 Å². The number of aliphatic hydroxyl groups excluding tert-OH is 4. The molecule has 1 aliphatic heterocycles. The Balaban J connectivity index is 2.76. The molecule has 2 amide bonds. The predicted molar refractivity (Wildman–Crippen MR) is 255 cm³/mol. The van der Waals surface area contributed by atoms with Gasteiger partial charge in [-0.25, -0.2) is 0 Å². The van der Waals surface area contributed by atoms with E-state index in [1.54, 1.807) is 4.90 Å². The lowest BCUT2D eigenvalue weighted by atomic mass is 9.94. The summed E-state index contributed by atoms with van der Waals surface area (Å²) in [6.07, 6.45) is 34.9. The molecule has 0 radical (unpaired) electrons. The van der Waals surface area contributed by atoms with Crippen molar-refractivity contribution < 1.29 is 44.7 Å². The third-order valence-corrected chi connectivity index (χ3v) is 13.0. The van der Waals surface area contributed by atoms with Crippen LogP contribution in [-0.2, 0) is 19.1 Å². The number of aliphatic carboxylic acids is 1. The predicted octanol–water partition coefficient (Wildman–Crippen LogP) is 9.86. The first-order chi connectivity index (χ1) is 30.7. The summed E-state index contributed by atoms with van der Waals surface area (Å²) in [5.74, 6) is -1.62. The van der Waals surface area contributed by atoms with Crippen molar-refractivity contribution in [3.05, 3.63) is 0 Å². The summed E-state index contributed by atoms with van der Waals surface area (Å²) >= 11 is 0. The van der Waals surface area contributed by atoms with Gasteiger partial charge in [0.15, 0.2) is 6.23 Å². The summed E-state index contributed by atoms with van der Waals surface area (Å²) in [4.78, 5) is 40.0. The Morgan fingerprint density at radius 3 is 1.35 bits per heavy atom. The molecule has 1 fully saturated rings. The molecule has 372 valence electrons. The number of carboxylic acid groups (broad SMARTS) is 1. The minimum absolute atomic E-state index is 0.0656. The first-order valence-electron chi connectivity index (χ1n) is 26.5. The first kappa shape index (κ1) is 59.2. The van der Waals surface area contributed by atoms with Crippen LogP contribution in [0.1, 0.15) is 245 Å². The molecule has 0 aromatic carbocycles. The van der Waals surface area contributed by atoms with E-state index in [9.17, 15) is 34.8 Å². The van der Waals surface area contributed by atoms with Gasteiger partial charge in [-0.2, -0.15) is 0 Å². The van der Waals surface area contributed by atoms with Crippen LogP contribution in [0.5, 0.6) is 0 Å². The summed E-state index contributed by atoms with van der Waals surface area (Å²) in [6, 6.07) is -2.23. The van der Waals surface area contributed by atoms with Crippen LogP contribution in [0.2, 0.25) is 0 Å². The Labute approximate surface area is 384 Å². The van der Waals surface area contributed by atoms with Crippen LogP contribution >= 0.6 is 0 Å². The second-order valence-electron chi connectivity index (χ2n) is 18.7. The molecule has 0 spiro atoms. The van der Waals surface area contributed by atoms with E-state index in [0.29, 0.717) is 51.6 Å². The van der Waals surface area contributed by atoms with Gasteiger partial charge in [0.05, 0.1) is 13.2 Å². The van der Waals surface area contributed by atoms with Gasteiger partial charge in [0.2, 0.25) is 11.8 Å². The van der Waals surface area contributed by atoms with Gasteiger partial charge in [-0.3, -0.25) is 14.4 Å². The molecule has 0 aliphatic carbocycles. The van der Waals surface area contributed by atoms with Crippen molar-refractivity contribution in [1.82, 2.24) is 15.5 Å². The standard InChI is InChI=1S/C51H99N3O9/c1-3-5-7-9-11-13-15-17-19-21-23-25-27-29-31-36-40-54(45(57)37-33-30-28-26-24-22-20-18-16-14-12-10-8-6-4-2)51-47(49(61)48(60)44(42-56)63-51)53-50(62)43(41-55)52-39-35-32-34-38-46(58)59/h43-44,47-49,51-52,55-56,60-61H,3-42H2,1-2H3,(H,53,62)(H,58,59)/t43-,44+,47-,48+,49+,51+/m0/s1. The highest BCUT2D eigenvalue weighted by atomic mass is 16.5. The Kier molecular flexibility index (Phi) is 39.1. The SMILES string of the molecule is CCCCCCCCCCCCCCCCCCN(C(=O)CCCCCCCCCCCCCCCCC)[C@@H]1O[C@H](CO)[C@@H](O)[C@H](O)[C@@H]1NC(=O)[C@H](CO)NCCCCCC(=O)O. The summed E-state index contributed by atoms with van der Waals surface area (Å²) in [5.41, 5.74) is 0. The van der Waals surface area contributed by atoms with Crippen molar-refractivity contribution in [2.24, 2.45) is 0 Å². The maximum absolute atomic E-state index is 14.1. The molecule has 0 unspecified atom stereocenters. The highest BCUT2D eigenvalue weighted by molar-refractivity contribution is 5.82. The van der Waals surface area contributed by atoms with Crippen molar-refractivity contribution >= 4 is 17.8 Å². The fourth-order valence-electron chi connectivity index (χ4n) is 8.89. The number of unbranched alkanes of at least 4 members (excludes halogenated alkanes) is 31. The van der Waals surface area contributed by atoms with E-state index in [2.05, 4.69) is 24.5 Å². The zero-order chi connectivity index (χ0) is 46.2. The van der Waals surface area contributed by atoms with E-state index >= 15 is 0 Å². The normalized spacial score (nSPS) is 19.3. The molecule has 1 saturated heterocycles. The first-order valence-corrected chi connectivity index (χ1v) is 26.5. The minimum atomic E-state index is -1.54. The Hall–Kier alpha value is -1.83. The van der Waals surface area contributed by atoms with Gasteiger partial charge < -0.3 is 45.8 Å². The number of nitrogens with zero attached hydrogens (tertiary/aromatic N) is 1. The number of rotatable bonds is 45. The van der Waals surface area contributed by atoms with Crippen molar-refractivity contribution in [1.29, 1.82) is 0 Å². The number of carbonyl (C=O) groups is 3. The average molecular weight is 898 g/mol. The van der Waals surface area contributed by atoms with Gasteiger partial charge in [-0.05, 0) is 32.2 Å². The Bertz CT molecular complexity index is 1080. The lowest BCUT2D eigenvalue weighted by Gasteiger charge is -2.47. The van der Waals surface area contributed by atoms with Gasteiger partial charge in [-0.15, -0.1) is 0 Å². The molecule has 1 heterocycles. The average Bonchev–Trinajstić information content (AvgIpc) is 3.27. The molecular weight excluding hydrogens is 799 g/mol. The zero-order valence-electron chi connectivity index (χ0n) is 40.6. The molecule has 0 saturated carbocycles. The number of hydrogen-bond acceptors (Lipinski definition) is 9. The second kappa shape index (κ2) is 41.6. The number of ether oxygens (including phenoxy) is 1. The molecule has 63 heavy (non-hydrogen) atoms. The summed E-state index contributed by atoms with van der Waals surface area (Å²) in [7, 11) is 0. The van der Waals surface area contributed by atoms with Crippen LogP contribution in [0.15, 0.2) is 0 Å². The van der Waals surface area contributed by atoms with Crippen molar-refractivity contribution in [3.8, 4) is 0 Å². The van der Waals surface area contributed by atoms with Crippen molar-refractivity contribution in [2.75, 3.05) is 26.3 Å². The summed E-state index contributed by atoms with van der Waals surface area (Å²) in [5, 5.41) is 57.1. The molecule has 12 nitrogen and oxygen atoms in total. The van der Waals surface area contributed by atoms with Crippen molar-refractivity contribution in [3.63, 3.8) is 0 Å². The molecule has 0 aromatic rings. The maximum atomic E-state index is 14.1. The highest BCUT2D eigenvalue weighted by Gasteiger charge is 2.48. The molecule has 1 rings (SSSR count). The topological polar surface area (TPSA) is 189 Å². The summed E-state index contributed by atoms with van der Waals surface area (Å²) in [6.45, 7) is 4.13. The van der Waals surface area contributed by atoms with E-state index in [-0.39, 0.29) is 12.3 Å². The fraction of sp³-hybridized carbons (Fsp3) is 0.941. The number of carboxylic acids is 1. The van der Waals surface area contributed by atoms with Crippen LogP contribution in [0.3, 0.4) is 0 Å². The van der Waals surface area contributed by atoms with Gasteiger partial charge >= 0.3 is 5.97 Å². The molecule has 0 aromatic heterocycles. The third kappa shape index (κ3) is 30.2. The molecule has 7 N–H and O–H groups in total. The minimum Gasteiger partial charge on any atom is -0.481 e. The number of amides is 2. The van der Waals surface area contributed by atoms with Crippen LogP contribution in [-0.4, -0.2) is 111 Å². The van der Waals surface area contributed by atoms with E-state index in [4.69, 9.17) is 9.84 Å². The maximum Gasteiger partial charge on any atom is 0.303 e. The zero-order valence-corrected chi connectivity index (χ0v) is 40.6. The van der Waals surface area contributed by atoms with E-state index in [1.807, 2.05) is 0 Å². The molecule has 1 aliphatic rings. The largest absolute Gasteiger partial charge is 0.481 e. The lowest BCUT2D eigenvalue weighted by Crippen LogP contribution is -2.70. The Morgan fingerprint density at radius 2 is 0.937 bits per heavy atom.